The average molecular weight is 271 g/mol. The van der Waals surface area contributed by atoms with E-state index in [2.05, 4.69) is 5.32 Å². The van der Waals surface area contributed by atoms with Crippen molar-refractivity contribution >= 4 is 17.8 Å². The first-order chi connectivity index (χ1) is 8.64. The van der Waals surface area contributed by atoms with Gasteiger partial charge in [-0.05, 0) is 11.3 Å². The first-order valence-corrected chi connectivity index (χ1v) is 6.40. The van der Waals surface area contributed by atoms with Crippen LogP contribution in [0.15, 0.2) is 0 Å². The summed E-state index contributed by atoms with van der Waals surface area (Å²) < 4.78 is 0. The summed E-state index contributed by atoms with van der Waals surface area (Å²) in [6.45, 7) is 6.99. The molecule has 0 aromatic heterocycles. The van der Waals surface area contributed by atoms with Gasteiger partial charge in [0.05, 0.1) is 11.8 Å². The van der Waals surface area contributed by atoms with E-state index < -0.39 is 41.1 Å². The van der Waals surface area contributed by atoms with Crippen molar-refractivity contribution in [2.45, 2.75) is 40.2 Å². The van der Waals surface area contributed by atoms with Gasteiger partial charge in [0.15, 0.2) is 0 Å². The lowest BCUT2D eigenvalue weighted by Crippen LogP contribution is -2.46. The molecule has 0 unspecified atom stereocenters. The van der Waals surface area contributed by atoms with E-state index in [1.54, 1.807) is 20.8 Å². The number of amides is 1. The number of carboxylic acid groups (broad SMARTS) is 2. The van der Waals surface area contributed by atoms with Crippen LogP contribution < -0.4 is 5.32 Å². The molecular formula is C13H21NO5. The number of aliphatic carboxylic acids is 2. The molecule has 0 heterocycles. The Morgan fingerprint density at radius 1 is 1.21 bits per heavy atom. The van der Waals surface area contributed by atoms with E-state index in [1.807, 2.05) is 6.92 Å². The summed E-state index contributed by atoms with van der Waals surface area (Å²) in [5, 5.41) is 20.6. The number of rotatable bonds is 6. The van der Waals surface area contributed by atoms with Crippen molar-refractivity contribution in [1.29, 1.82) is 0 Å². The number of hydrogen-bond acceptors (Lipinski definition) is 3. The molecule has 6 heteroatoms. The predicted molar refractivity (Wildman–Crippen MR) is 67.4 cm³/mol. The largest absolute Gasteiger partial charge is 0.481 e. The van der Waals surface area contributed by atoms with Gasteiger partial charge < -0.3 is 15.5 Å². The summed E-state index contributed by atoms with van der Waals surface area (Å²) in [5.74, 6) is -4.18. The van der Waals surface area contributed by atoms with Crippen LogP contribution in [0.25, 0.3) is 0 Å². The Labute approximate surface area is 112 Å². The summed E-state index contributed by atoms with van der Waals surface area (Å²) in [6, 6.07) is -0.969. The second kappa shape index (κ2) is 5.19. The van der Waals surface area contributed by atoms with Crippen molar-refractivity contribution in [3.05, 3.63) is 0 Å². The zero-order valence-electron chi connectivity index (χ0n) is 11.6. The molecule has 0 bridgehead atoms. The third kappa shape index (κ3) is 2.88. The van der Waals surface area contributed by atoms with Crippen molar-refractivity contribution in [3.8, 4) is 0 Å². The molecule has 1 fully saturated rings. The Morgan fingerprint density at radius 2 is 1.74 bits per heavy atom. The summed E-state index contributed by atoms with van der Waals surface area (Å²) >= 11 is 0. The molecule has 4 atom stereocenters. The highest BCUT2D eigenvalue weighted by Gasteiger charge is 2.66. The van der Waals surface area contributed by atoms with Gasteiger partial charge in [-0.25, -0.2) is 4.79 Å². The zero-order chi connectivity index (χ0) is 15.0. The van der Waals surface area contributed by atoms with Crippen LogP contribution in [0.1, 0.15) is 34.1 Å². The Hall–Kier alpha value is -1.59. The second-order valence-corrected chi connectivity index (χ2v) is 5.82. The van der Waals surface area contributed by atoms with Gasteiger partial charge in [0.2, 0.25) is 5.91 Å². The normalized spacial score (nSPS) is 27.2. The highest BCUT2D eigenvalue weighted by Crippen LogP contribution is 2.58. The standard InChI is InChI=1S/C13H21NO5/c1-5-6(2)9(12(18)19)14-10(15)7-8(11(16)17)13(7,3)4/h6-9H,5H2,1-4H3,(H,14,15)(H,16,17)(H,18,19)/t6-,7-,8+,9-/m0/s1. The van der Waals surface area contributed by atoms with Crippen LogP contribution in [0.4, 0.5) is 0 Å². The molecule has 108 valence electrons. The van der Waals surface area contributed by atoms with E-state index in [-0.39, 0.29) is 5.92 Å². The molecule has 0 aromatic carbocycles. The van der Waals surface area contributed by atoms with Crippen molar-refractivity contribution in [2.24, 2.45) is 23.2 Å². The maximum atomic E-state index is 12.0. The van der Waals surface area contributed by atoms with Gasteiger partial charge in [-0.2, -0.15) is 0 Å². The lowest BCUT2D eigenvalue weighted by molar-refractivity contribution is -0.144. The van der Waals surface area contributed by atoms with E-state index in [9.17, 15) is 14.4 Å². The van der Waals surface area contributed by atoms with Gasteiger partial charge in [0.1, 0.15) is 6.04 Å². The van der Waals surface area contributed by atoms with Crippen LogP contribution >= 0.6 is 0 Å². The average Bonchev–Trinajstić information content (AvgIpc) is 2.87. The minimum atomic E-state index is -1.09. The Balaban J connectivity index is 2.75. The predicted octanol–water partition coefficient (Wildman–Crippen LogP) is 0.959. The number of hydrogen-bond donors (Lipinski definition) is 3. The van der Waals surface area contributed by atoms with Crippen molar-refractivity contribution in [1.82, 2.24) is 5.32 Å². The third-order valence-corrected chi connectivity index (χ3v) is 4.15. The van der Waals surface area contributed by atoms with Crippen LogP contribution in [0.2, 0.25) is 0 Å². The molecule has 6 nitrogen and oxygen atoms in total. The fourth-order valence-electron chi connectivity index (χ4n) is 2.51. The number of carbonyl (C=O) groups is 3. The van der Waals surface area contributed by atoms with Crippen molar-refractivity contribution in [3.63, 3.8) is 0 Å². The molecule has 1 rings (SSSR count). The lowest BCUT2D eigenvalue weighted by atomic mass is 9.99. The summed E-state index contributed by atoms with van der Waals surface area (Å²) in [7, 11) is 0. The Morgan fingerprint density at radius 3 is 2.05 bits per heavy atom. The third-order valence-electron chi connectivity index (χ3n) is 4.15. The van der Waals surface area contributed by atoms with Crippen molar-refractivity contribution in [2.75, 3.05) is 0 Å². The minimum absolute atomic E-state index is 0.202. The number of carbonyl (C=O) groups excluding carboxylic acids is 1. The molecule has 0 radical (unpaired) electrons. The Bertz CT molecular complexity index is 404. The van der Waals surface area contributed by atoms with Gasteiger partial charge in [-0.15, -0.1) is 0 Å². The zero-order valence-corrected chi connectivity index (χ0v) is 11.6. The van der Waals surface area contributed by atoms with Gasteiger partial charge in [-0.1, -0.05) is 34.1 Å². The van der Waals surface area contributed by atoms with Crippen LogP contribution in [0.3, 0.4) is 0 Å². The second-order valence-electron chi connectivity index (χ2n) is 5.82. The van der Waals surface area contributed by atoms with E-state index in [1.165, 1.54) is 0 Å². The molecule has 3 N–H and O–H groups in total. The van der Waals surface area contributed by atoms with E-state index in [4.69, 9.17) is 10.2 Å². The highest BCUT2D eigenvalue weighted by molar-refractivity contribution is 5.93. The molecular weight excluding hydrogens is 250 g/mol. The first kappa shape index (κ1) is 15.5. The Kier molecular flexibility index (Phi) is 4.22. The molecule has 0 aliphatic heterocycles. The molecule has 0 aromatic rings. The number of carboxylic acids is 2. The van der Waals surface area contributed by atoms with Crippen LogP contribution in [0.5, 0.6) is 0 Å². The molecule has 1 amide bonds. The van der Waals surface area contributed by atoms with E-state index >= 15 is 0 Å². The fraction of sp³-hybridized carbons (Fsp3) is 0.769. The monoisotopic (exact) mass is 271 g/mol. The maximum Gasteiger partial charge on any atom is 0.326 e. The van der Waals surface area contributed by atoms with Gasteiger partial charge >= 0.3 is 11.9 Å². The quantitative estimate of drug-likeness (QED) is 0.667. The molecule has 19 heavy (non-hydrogen) atoms. The SMILES string of the molecule is CC[C@H](C)[C@H](NC(=O)[C@@H]1[C@H](C(=O)O)C1(C)C)C(=O)O. The number of nitrogens with one attached hydrogen (secondary N) is 1. The molecule has 0 spiro atoms. The summed E-state index contributed by atoms with van der Waals surface area (Å²) in [4.78, 5) is 34.2. The summed E-state index contributed by atoms with van der Waals surface area (Å²) in [6.07, 6.45) is 0.619. The van der Waals surface area contributed by atoms with Gasteiger partial charge in [0, 0.05) is 0 Å². The first-order valence-electron chi connectivity index (χ1n) is 6.40. The van der Waals surface area contributed by atoms with E-state index in [0.717, 1.165) is 0 Å². The van der Waals surface area contributed by atoms with Crippen LogP contribution in [0, 0.1) is 23.2 Å². The van der Waals surface area contributed by atoms with E-state index in [0.29, 0.717) is 6.42 Å². The lowest BCUT2D eigenvalue weighted by Gasteiger charge is -2.20. The van der Waals surface area contributed by atoms with Crippen molar-refractivity contribution < 1.29 is 24.6 Å². The molecule has 0 saturated heterocycles. The van der Waals surface area contributed by atoms with Gasteiger partial charge in [0.25, 0.3) is 0 Å². The fourth-order valence-corrected chi connectivity index (χ4v) is 2.51. The van der Waals surface area contributed by atoms with Gasteiger partial charge in [-0.3, -0.25) is 9.59 Å². The molecule has 1 aliphatic rings. The topological polar surface area (TPSA) is 104 Å². The molecule has 1 aliphatic carbocycles. The van der Waals surface area contributed by atoms with Crippen LogP contribution in [-0.4, -0.2) is 34.1 Å². The van der Waals surface area contributed by atoms with Crippen LogP contribution in [-0.2, 0) is 14.4 Å². The smallest absolute Gasteiger partial charge is 0.326 e. The molecule has 1 saturated carbocycles. The summed E-state index contributed by atoms with van der Waals surface area (Å²) in [5.41, 5.74) is -0.617. The maximum absolute atomic E-state index is 12.0. The minimum Gasteiger partial charge on any atom is -0.481 e. The highest BCUT2D eigenvalue weighted by atomic mass is 16.4.